The highest BCUT2D eigenvalue weighted by Crippen LogP contribution is 2.33. The molecule has 1 aliphatic carbocycles. The molecular weight excluding hydrogens is 310 g/mol. The van der Waals surface area contributed by atoms with E-state index >= 15 is 0 Å². The van der Waals surface area contributed by atoms with Crippen LogP contribution in [0.2, 0.25) is 0 Å². The molecule has 6 heteroatoms. The molecule has 0 bridgehead atoms. The molecule has 23 heavy (non-hydrogen) atoms. The smallest absolute Gasteiger partial charge is 0.255 e. The minimum atomic E-state index is -0.0441. The van der Waals surface area contributed by atoms with Crippen LogP contribution in [-0.4, -0.2) is 40.3 Å². The number of hydrogen-bond acceptors (Lipinski definition) is 4. The van der Waals surface area contributed by atoms with Gasteiger partial charge in [0.25, 0.3) is 5.91 Å². The highest BCUT2D eigenvalue weighted by molar-refractivity contribution is 7.08. The second-order valence-electron chi connectivity index (χ2n) is 6.44. The minimum Gasteiger partial charge on any atom is -0.379 e. The van der Waals surface area contributed by atoms with Gasteiger partial charge >= 0.3 is 0 Å². The zero-order valence-corrected chi connectivity index (χ0v) is 14.1. The standard InChI is InChI=1S/C17H21N3O2S/c1-19-16-13(8-18-19)4-6-20(17(21)14-5-7-23-11-14)15(16)10-22-9-12-2-3-12/h5,7-8,11-12,15H,2-4,6,9-10H2,1H3/t15-/m1/s1. The van der Waals surface area contributed by atoms with E-state index in [4.69, 9.17) is 4.74 Å². The number of amides is 1. The maximum Gasteiger partial charge on any atom is 0.255 e. The van der Waals surface area contributed by atoms with Crippen molar-refractivity contribution in [3.8, 4) is 0 Å². The van der Waals surface area contributed by atoms with Crippen LogP contribution in [-0.2, 0) is 18.2 Å². The van der Waals surface area contributed by atoms with Gasteiger partial charge in [0, 0.05) is 25.6 Å². The van der Waals surface area contributed by atoms with Gasteiger partial charge in [0.05, 0.1) is 30.1 Å². The summed E-state index contributed by atoms with van der Waals surface area (Å²) in [5.41, 5.74) is 3.13. The monoisotopic (exact) mass is 331 g/mol. The topological polar surface area (TPSA) is 47.4 Å². The third kappa shape index (κ3) is 2.93. The van der Waals surface area contributed by atoms with Gasteiger partial charge in [-0.25, -0.2) is 0 Å². The molecule has 0 saturated heterocycles. The van der Waals surface area contributed by atoms with Gasteiger partial charge in [0.2, 0.25) is 0 Å². The Hall–Kier alpha value is -1.66. The van der Waals surface area contributed by atoms with Crippen LogP contribution < -0.4 is 0 Å². The molecule has 2 aromatic rings. The lowest BCUT2D eigenvalue weighted by atomic mass is 9.99. The van der Waals surface area contributed by atoms with Gasteiger partial charge in [0.1, 0.15) is 0 Å². The fraction of sp³-hybridized carbons (Fsp3) is 0.529. The summed E-state index contributed by atoms with van der Waals surface area (Å²) < 4.78 is 7.84. The summed E-state index contributed by atoms with van der Waals surface area (Å²) in [6.07, 6.45) is 5.34. The highest BCUT2D eigenvalue weighted by atomic mass is 32.1. The molecule has 0 N–H and O–H groups in total. The molecule has 2 aliphatic rings. The molecule has 5 nitrogen and oxygen atoms in total. The van der Waals surface area contributed by atoms with E-state index in [2.05, 4.69) is 5.10 Å². The van der Waals surface area contributed by atoms with Gasteiger partial charge in [-0.3, -0.25) is 9.48 Å². The van der Waals surface area contributed by atoms with Crippen LogP contribution in [0.25, 0.3) is 0 Å². The first-order valence-corrected chi connectivity index (χ1v) is 9.10. The first-order chi connectivity index (χ1) is 11.2. The zero-order chi connectivity index (χ0) is 15.8. The summed E-state index contributed by atoms with van der Waals surface area (Å²) in [5, 5.41) is 8.26. The Morgan fingerprint density at radius 1 is 1.43 bits per heavy atom. The number of rotatable bonds is 5. The molecule has 122 valence electrons. The SMILES string of the molecule is Cn1ncc2c1[C@@H](COCC1CC1)N(C(=O)c1ccsc1)CC2. The van der Waals surface area contributed by atoms with Crippen molar-refractivity contribution in [1.29, 1.82) is 0 Å². The predicted molar refractivity (Wildman–Crippen MR) is 88.6 cm³/mol. The summed E-state index contributed by atoms with van der Waals surface area (Å²) >= 11 is 1.56. The van der Waals surface area contributed by atoms with Crippen molar-refractivity contribution in [2.75, 3.05) is 19.8 Å². The number of carbonyl (C=O) groups is 1. The Bertz CT molecular complexity index is 691. The van der Waals surface area contributed by atoms with E-state index in [1.54, 1.807) is 11.3 Å². The Balaban J connectivity index is 1.58. The second kappa shape index (κ2) is 6.09. The van der Waals surface area contributed by atoms with Crippen LogP contribution >= 0.6 is 11.3 Å². The van der Waals surface area contributed by atoms with Gasteiger partial charge in [-0.05, 0) is 42.2 Å². The summed E-state index contributed by atoms with van der Waals surface area (Å²) in [7, 11) is 1.95. The molecule has 3 heterocycles. The normalized spacial score (nSPS) is 20.6. The van der Waals surface area contributed by atoms with Gasteiger partial charge < -0.3 is 9.64 Å². The number of ether oxygens (including phenoxy) is 1. The first-order valence-electron chi connectivity index (χ1n) is 8.15. The largest absolute Gasteiger partial charge is 0.379 e. The average molecular weight is 331 g/mol. The van der Waals surface area contributed by atoms with Crippen LogP contribution in [0.5, 0.6) is 0 Å². The van der Waals surface area contributed by atoms with Crippen LogP contribution in [0.4, 0.5) is 0 Å². The lowest BCUT2D eigenvalue weighted by molar-refractivity contribution is 0.0348. The van der Waals surface area contributed by atoms with Crippen molar-refractivity contribution >= 4 is 17.2 Å². The van der Waals surface area contributed by atoms with Gasteiger partial charge in [-0.1, -0.05) is 0 Å². The molecule has 1 atom stereocenters. The van der Waals surface area contributed by atoms with Crippen molar-refractivity contribution in [3.05, 3.63) is 39.8 Å². The Morgan fingerprint density at radius 2 is 2.30 bits per heavy atom. The minimum absolute atomic E-state index is 0.0441. The lowest BCUT2D eigenvalue weighted by Crippen LogP contribution is -2.42. The molecule has 0 spiro atoms. The van der Waals surface area contributed by atoms with Gasteiger partial charge in [0.15, 0.2) is 0 Å². The van der Waals surface area contributed by atoms with E-state index in [9.17, 15) is 4.79 Å². The number of fused-ring (bicyclic) bond motifs is 1. The maximum atomic E-state index is 12.9. The van der Waals surface area contributed by atoms with E-state index in [1.165, 1.54) is 18.4 Å². The number of aryl methyl sites for hydroxylation is 1. The van der Waals surface area contributed by atoms with Crippen molar-refractivity contribution < 1.29 is 9.53 Å². The van der Waals surface area contributed by atoms with Crippen molar-refractivity contribution in [2.45, 2.75) is 25.3 Å². The Labute approximate surface area is 139 Å². The third-order valence-electron chi connectivity index (χ3n) is 4.73. The van der Waals surface area contributed by atoms with E-state index in [0.29, 0.717) is 6.61 Å². The van der Waals surface area contributed by atoms with Crippen LogP contribution in [0, 0.1) is 5.92 Å². The fourth-order valence-corrected chi connectivity index (χ4v) is 3.88. The molecule has 0 unspecified atom stereocenters. The van der Waals surface area contributed by atoms with Crippen molar-refractivity contribution in [2.24, 2.45) is 13.0 Å². The maximum absolute atomic E-state index is 12.9. The molecule has 0 aromatic carbocycles. The summed E-state index contributed by atoms with van der Waals surface area (Å²) in [5.74, 6) is 0.823. The Kier molecular flexibility index (Phi) is 3.95. The number of hydrogen-bond donors (Lipinski definition) is 0. The van der Waals surface area contributed by atoms with E-state index < -0.39 is 0 Å². The first kappa shape index (κ1) is 14.9. The third-order valence-corrected chi connectivity index (χ3v) is 5.42. The summed E-state index contributed by atoms with van der Waals surface area (Å²) in [6, 6.07) is 1.85. The molecule has 0 radical (unpaired) electrons. The average Bonchev–Trinajstić information content (AvgIpc) is 3.07. The molecule has 1 aliphatic heterocycles. The molecule has 1 fully saturated rings. The van der Waals surface area contributed by atoms with Gasteiger partial charge in [-0.15, -0.1) is 0 Å². The van der Waals surface area contributed by atoms with Crippen LogP contribution in [0.3, 0.4) is 0 Å². The lowest BCUT2D eigenvalue weighted by Gasteiger charge is -2.36. The molecule has 2 aromatic heterocycles. The number of carbonyl (C=O) groups excluding carboxylic acids is 1. The van der Waals surface area contributed by atoms with Crippen molar-refractivity contribution in [3.63, 3.8) is 0 Å². The Morgan fingerprint density at radius 3 is 3.04 bits per heavy atom. The van der Waals surface area contributed by atoms with E-state index in [1.807, 2.05) is 39.7 Å². The fourth-order valence-electron chi connectivity index (χ4n) is 3.25. The number of aromatic nitrogens is 2. The summed E-state index contributed by atoms with van der Waals surface area (Å²) in [6.45, 7) is 2.09. The number of nitrogens with zero attached hydrogens (tertiary/aromatic N) is 3. The molecular formula is C17H21N3O2S. The quantitative estimate of drug-likeness (QED) is 0.846. The van der Waals surface area contributed by atoms with Crippen molar-refractivity contribution in [1.82, 2.24) is 14.7 Å². The van der Waals surface area contributed by atoms with Crippen LogP contribution in [0.15, 0.2) is 23.0 Å². The molecule has 4 rings (SSSR count). The molecule has 1 saturated carbocycles. The highest BCUT2D eigenvalue weighted by Gasteiger charge is 2.34. The van der Waals surface area contributed by atoms with Gasteiger partial charge in [-0.2, -0.15) is 16.4 Å². The number of thiophene rings is 1. The van der Waals surface area contributed by atoms with Crippen LogP contribution in [0.1, 0.15) is 40.5 Å². The van der Waals surface area contributed by atoms with E-state index in [0.717, 1.165) is 36.7 Å². The predicted octanol–water partition coefficient (Wildman–Crippen LogP) is 2.65. The molecule has 1 amide bonds. The van der Waals surface area contributed by atoms with E-state index in [-0.39, 0.29) is 11.9 Å². The summed E-state index contributed by atoms with van der Waals surface area (Å²) in [4.78, 5) is 14.8. The second-order valence-corrected chi connectivity index (χ2v) is 7.22. The zero-order valence-electron chi connectivity index (χ0n) is 13.3.